The zero-order chi connectivity index (χ0) is 17.0. The lowest BCUT2D eigenvalue weighted by molar-refractivity contribution is -0.137. The first-order valence-electron chi connectivity index (χ1n) is 6.63. The Kier molecular flexibility index (Phi) is 3.41. The molecular weight excluding hydrogens is 334 g/mol. The second kappa shape index (κ2) is 4.96. The molecule has 0 saturated carbocycles. The van der Waals surface area contributed by atoms with E-state index in [-0.39, 0.29) is 21.8 Å². The van der Waals surface area contributed by atoms with Crippen molar-refractivity contribution in [2.45, 2.75) is 18.8 Å². The van der Waals surface area contributed by atoms with Crippen molar-refractivity contribution >= 4 is 23.2 Å². The minimum atomic E-state index is -4.58. The van der Waals surface area contributed by atoms with Crippen LogP contribution in [0.5, 0.6) is 0 Å². The van der Waals surface area contributed by atoms with E-state index in [1.807, 2.05) is 0 Å². The first-order chi connectivity index (χ1) is 10.6. The fourth-order valence-corrected chi connectivity index (χ4v) is 2.86. The Morgan fingerprint density at radius 3 is 2.43 bits per heavy atom. The van der Waals surface area contributed by atoms with Crippen LogP contribution in [0, 0.1) is 6.92 Å². The van der Waals surface area contributed by atoms with Gasteiger partial charge < -0.3 is 5.32 Å². The van der Waals surface area contributed by atoms with E-state index >= 15 is 4.39 Å². The molecule has 1 unspecified atom stereocenters. The Labute approximate surface area is 134 Å². The highest BCUT2D eigenvalue weighted by Gasteiger charge is 2.50. The summed E-state index contributed by atoms with van der Waals surface area (Å²) >= 11 is 5.87. The van der Waals surface area contributed by atoms with E-state index in [1.54, 1.807) is 19.1 Å². The van der Waals surface area contributed by atoms with E-state index in [4.69, 9.17) is 11.6 Å². The Morgan fingerprint density at radius 2 is 1.78 bits per heavy atom. The number of rotatable bonds is 1. The van der Waals surface area contributed by atoms with Crippen molar-refractivity contribution in [2.24, 2.45) is 0 Å². The molecule has 23 heavy (non-hydrogen) atoms. The predicted octanol–water partition coefficient (Wildman–Crippen LogP) is 4.83. The van der Waals surface area contributed by atoms with E-state index in [2.05, 4.69) is 5.32 Å². The first kappa shape index (κ1) is 15.8. The lowest BCUT2D eigenvalue weighted by Gasteiger charge is -2.21. The van der Waals surface area contributed by atoms with Crippen LogP contribution in [0.2, 0.25) is 5.02 Å². The Morgan fingerprint density at radius 1 is 1.09 bits per heavy atom. The van der Waals surface area contributed by atoms with Gasteiger partial charge in [-0.3, -0.25) is 4.79 Å². The number of carbonyl (C=O) groups is 1. The third-order valence-electron chi connectivity index (χ3n) is 3.85. The number of benzene rings is 2. The molecule has 0 fully saturated rings. The smallest absolute Gasteiger partial charge is 0.322 e. The molecule has 120 valence electrons. The molecule has 0 bridgehead atoms. The van der Waals surface area contributed by atoms with Crippen LogP contribution in [0.3, 0.4) is 0 Å². The van der Waals surface area contributed by atoms with Gasteiger partial charge in [-0.25, -0.2) is 4.39 Å². The van der Waals surface area contributed by atoms with Gasteiger partial charge in [0.1, 0.15) is 0 Å². The molecule has 1 aliphatic heterocycles. The minimum absolute atomic E-state index is 0.0148. The second-order valence-corrected chi connectivity index (χ2v) is 5.77. The monoisotopic (exact) mass is 343 g/mol. The number of fused-ring (bicyclic) bond motifs is 1. The molecule has 0 aromatic heterocycles. The van der Waals surface area contributed by atoms with Crippen LogP contribution >= 0.6 is 11.6 Å². The molecule has 0 spiro atoms. The zero-order valence-corrected chi connectivity index (χ0v) is 12.5. The molecule has 0 aliphatic carbocycles. The largest absolute Gasteiger partial charge is 0.416 e. The van der Waals surface area contributed by atoms with Crippen LogP contribution in [0.25, 0.3) is 0 Å². The van der Waals surface area contributed by atoms with Gasteiger partial charge in [0.15, 0.2) is 0 Å². The van der Waals surface area contributed by atoms with Crippen molar-refractivity contribution in [1.29, 1.82) is 0 Å². The summed E-state index contributed by atoms with van der Waals surface area (Å²) in [5.41, 5.74) is -3.38. The normalized spacial score (nSPS) is 20.3. The van der Waals surface area contributed by atoms with Crippen LogP contribution in [-0.4, -0.2) is 5.91 Å². The van der Waals surface area contributed by atoms with Crippen molar-refractivity contribution in [1.82, 2.24) is 0 Å². The fourth-order valence-electron chi connectivity index (χ4n) is 2.69. The maximum atomic E-state index is 15.5. The summed E-state index contributed by atoms with van der Waals surface area (Å²) in [5.74, 6) is -1.03. The van der Waals surface area contributed by atoms with Crippen molar-refractivity contribution in [3.63, 3.8) is 0 Å². The summed E-state index contributed by atoms with van der Waals surface area (Å²) in [6.07, 6.45) is -4.58. The highest BCUT2D eigenvalue weighted by Crippen LogP contribution is 2.47. The number of alkyl halides is 4. The van der Waals surface area contributed by atoms with Gasteiger partial charge in [-0.2, -0.15) is 13.2 Å². The molecule has 2 aromatic rings. The highest BCUT2D eigenvalue weighted by molar-refractivity contribution is 6.30. The second-order valence-electron chi connectivity index (χ2n) is 5.33. The number of amides is 1. The Balaban J connectivity index is 2.20. The number of hydrogen-bond acceptors (Lipinski definition) is 1. The molecule has 7 heteroatoms. The summed E-state index contributed by atoms with van der Waals surface area (Å²) in [5, 5.41) is 2.42. The van der Waals surface area contributed by atoms with Crippen LogP contribution in [0.1, 0.15) is 22.3 Å². The topological polar surface area (TPSA) is 29.1 Å². The number of carbonyl (C=O) groups excluding carboxylic acids is 1. The number of aryl methyl sites for hydroxylation is 1. The first-order valence-corrected chi connectivity index (χ1v) is 7.00. The van der Waals surface area contributed by atoms with Gasteiger partial charge in [0.05, 0.1) is 5.56 Å². The minimum Gasteiger partial charge on any atom is -0.322 e. The van der Waals surface area contributed by atoms with Crippen molar-refractivity contribution in [3.8, 4) is 0 Å². The number of halogens is 5. The van der Waals surface area contributed by atoms with Crippen molar-refractivity contribution < 1.29 is 22.4 Å². The molecule has 1 N–H and O–H groups in total. The standard InChI is InChI=1S/C16H10ClF4NO/c1-8-2-4-10(17)7-12(8)15(18)11-5-3-9(16(19,20)21)6-13(11)22-14(15)23/h2-7H,1H3,(H,22,23). The summed E-state index contributed by atoms with van der Waals surface area (Å²) in [4.78, 5) is 12.2. The molecular formula is C16H10ClF4NO. The molecule has 3 rings (SSSR count). The van der Waals surface area contributed by atoms with Crippen LogP contribution in [-0.2, 0) is 16.6 Å². The van der Waals surface area contributed by atoms with Crippen LogP contribution in [0.4, 0.5) is 23.2 Å². The highest BCUT2D eigenvalue weighted by atomic mass is 35.5. The lowest BCUT2D eigenvalue weighted by Crippen LogP contribution is -2.31. The Hall–Kier alpha value is -2.08. The van der Waals surface area contributed by atoms with Crippen molar-refractivity contribution in [3.05, 3.63) is 63.7 Å². The van der Waals surface area contributed by atoms with Crippen LogP contribution < -0.4 is 5.32 Å². The molecule has 1 aliphatic rings. The predicted molar refractivity (Wildman–Crippen MR) is 78.2 cm³/mol. The van der Waals surface area contributed by atoms with E-state index in [0.717, 1.165) is 18.2 Å². The average Bonchev–Trinajstić information content (AvgIpc) is 2.72. The quantitative estimate of drug-likeness (QED) is 0.738. The van der Waals surface area contributed by atoms with E-state index in [9.17, 15) is 18.0 Å². The average molecular weight is 344 g/mol. The number of nitrogens with one attached hydrogen (secondary N) is 1. The molecule has 2 aromatic carbocycles. The molecule has 0 radical (unpaired) electrons. The summed E-state index contributed by atoms with van der Waals surface area (Å²) < 4.78 is 53.8. The molecule has 1 atom stereocenters. The third-order valence-corrected chi connectivity index (χ3v) is 4.08. The summed E-state index contributed by atoms with van der Waals surface area (Å²) in [6, 6.07) is 6.88. The van der Waals surface area contributed by atoms with Gasteiger partial charge in [-0.05, 0) is 36.8 Å². The molecule has 0 saturated heterocycles. The van der Waals surface area contributed by atoms with Gasteiger partial charge in [0, 0.05) is 21.8 Å². The SMILES string of the molecule is Cc1ccc(Cl)cc1C1(F)C(=O)Nc2cc(C(F)(F)F)ccc21. The van der Waals surface area contributed by atoms with Gasteiger partial charge in [0.2, 0.25) is 5.67 Å². The summed E-state index contributed by atoms with van der Waals surface area (Å²) in [7, 11) is 0. The molecule has 1 amide bonds. The van der Waals surface area contributed by atoms with Crippen molar-refractivity contribution in [2.75, 3.05) is 5.32 Å². The van der Waals surface area contributed by atoms with E-state index in [1.165, 1.54) is 6.07 Å². The van der Waals surface area contributed by atoms with E-state index < -0.39 is 23.3 Å². The van der Waals surface area contributed by atoms with E-state index in [0.29, 0.717) is 5.56 Å². The lowest BCUT2D eigenvalue weighted by atomic mass is 9.86. The molecule has 1 heterocycles. The maximum Gasteiger partial charge on any atom is 0.416 e. The number of anilines is 1. The fraction of sp³-hybridized carbons (Fsp3) is 0.188. The van der Waals surface area contributed by atoms with Gasteiger partial charge >= 0.3 is 6.18 Å². The van der Waals surface area contributed by atoms with Gasteiger partial charge in [-0.15, -0.1) is 0 Å². The Bertz CT molecular complexity index is 818. The molecule has 2 nitrogen and oxygen atoms in total. The maximum absolute atomic E-state index is 15.5. The van der Waals surface area contributed by atoms with Crippen LogP contribution in [0.15, 0.2) is 36.4 Å². The third kappa shape index (κ3) is 2.37. The van der Waals surface area contributed by atoms with Gasteiger partial charge in [-0.1, -0.05) is 23.7 Å². The summed E-state index contributed by atoms with van der Waals surface area (Å²) in [6.45, 7) is 1.60. The number of hydrogen-bond donors (Lipinski definition) is 1. The zero-order valence-electron chi connectivity index (χ0n) is 11.8. The van der Waals surface area contributed by atoms with Gasteiger partial charge in [0.25, 0.3) is 5.91 Å².